The fourth-order valence-electron chi connectivity index (χ4n) is 7.81. The minimum Gasteiger partial charge on any atom is -0.462 e. The molecule has 0 amide bonds. The number of unbranched alkanes of at least 4 members (excludes halogenated alkanes) is 31. The summed E-state index contributed by atoms with van der Waals surface area (Å²) in [5.41, 5.74) is 0. The van der Waals surface area contributed by atoms with Gasteiger partial charge in [0.2, 0.25) is 0 Å². The Kier molecular flexibility index (Phi) is 43.7. The second-order valence-electron chi connectivity index (χ2n) is 18.8. The minimum atomic E-state index is -0.762. The van der Waals surface area contributed by atoms with E-state index in [9.17, 15) is 14.4 Å². The highest BCUT2D eigenvalue weighted by Gasteiger charge is 2.19. The van der Waals surface area contributed by atoms with Crippen molar-refractivity contribution >= 4 is 17.9 Å². The Balaban J connectivity index is 4.23. The summed E-state index contributed by atoms with van der Waals surface area (Å²) in [5, 5.41) is 0. The van der Waals surface area contributed by atoms with E-state index >= 15 is 0 Å². The molecule has 6 heteroatoms. The average molecular weight is 821 g/mol. The molecular formula is C52H100O6. The van der Waals surface area contributed by atoms with Crippen LogP contribution in [-0.2, 0) is 28.6 Å². The van der Waals surface area contributed by atoms with Gasteiger partial charge in [-0.25, -0.2) is 0 Å². The normalized spacial score (nSPS) is 12.1. The summed E-state index contributed by atoms with van der Waals surface area (Å²) in [6.45, 7) is 11.3. The SMILES string of the molecule is CCCCCCCCCCCCCCCCC(=O)OC[C@@H](COC(=O)CCCCCCCCCCCCCCCCC(C)C)OC(=O)CCCCCCCCC(C)C. The molecule has 6 nitrogen and oxygen atoms in total. The first-order valence-corrected chi connectivity index (χ1v) is 25.7. The van der Waals surface area contributed by atoms with Crippen molar-refractivity contribution in [3.63, 3.8) is 0 Å². The number of carbonyl (C=O) groups excluding carboxylic acids is 3. The van der Waals surface area contributed by atoms with Crippen molar-refractivity contribution in [1.82, 2.24) is 0 Å². The van der Waals surface area contributed by atoms with Gasteiger partial charge in [-0.1, -0.05) is 247 Å². The van der Waals surface area contributed by atoms with Crippen molar-refractivity contribution in [1.29, 1.82) is 0 Å². The van der Waals surface area contributed by atoms with Gasteiger partial charge in [-0.05, 0) is 31.1 Å². The summed E-state index contributed by atoms with van der Waals surface area (Å²) in [4.78, 5) is 37.9. The van der Waals surface area contributed by atoms with Gasteiger partial charge in [0.25, 0.3) is 0 Å². The smallest absolute Gasteiger partial charge is 0.306 e. The fourth-order valence-corrected chi connectivity index (χ4v) is 7.81. The third-order valence-corrected chi connectivity index (χ3v) is 11.7. The molecule has 0 spiro atoms. The molecule has 0 bridgehead atoms. The van der Waals surface area contributed by atoms with E-state index in [4.69, 9.17) is 14.2 Å². The summed E-state index contributed by atoms with van der Waals surface area (Å²) in [7, 11) is 0. The summed E-state index contributed by atoms with van der Waals surface area (Å²) in [5.74, 6) is 0.750. The third kappa shape index (κ3) is 45.5. The minimum absolute atomic E-state index is 0.0647. The van der Waals surface area contributed by atoms with Gasteiger partial charge in [0.15, 0.2) is 6.10 Å². The molecule has 0 rings (SSSR count). The number of ether oxygens (including phenoxy) is 3. The third-order valence-electron chi connectivity index (χ3n) is 11.7. The van der Waals surface area contributed by atoms with Gasteiger partial charge in [-0.3, -0.25) is 14.4 Å². The zero-order chi connectivity index (χ0) is 42.6. The van der Waals surface area contributed by atoms with E-state index in [2.05, 4.69) is 34.6 Å². The number of hydrogen-bond acceptors (Lipinski definition) is 6. The Morgan fingerprint density at radius 3 is 0.845 bits per heavy atom. The Bertz CT molecular complexity index is 885. The maximum atomic E-state index is 12.7. The maximum Gasteiger partial charge on any atom is 0.306 e. The van der Waals surface area contributed by atoms with E-state index in [0.29, 0.717) is 19.3 Å². The van der Waals surface area contributed by atoms with Crippen LogP contribution >= 0.6 is 0 Å². The molecule has 0 aromatic heterocycles. The molecule has 0 saturated carbocycles. The van der Waals surface area contributed by atoms with Crippen LogP contribution in [0.1, 0.15) is 285 Å². The highest BCUT2D eigenvalue weighted by atomic mass is 16.6. The lowest BCUT2D eigenvalue weighted by Crippen LogP contribution is -2.30. The van der Waals surface area contributed by atoms with Crippen LogP contribution in [0.25, 0.3) is 0 Å². The van der Waals surface area contributed by atoms with Crippen molar-refractivity contribution < 1.29 is 28.6 Å². The quantitative estimate of drug-likeness (QED) is 0.0346. The summed E-state index contributed by atoms with van der Waals surface area (Å²) < 4.78 is 16.8. The zero-order valence-electron chi connectivity index (χ0n) is 39.7. The lowest BCUT2D eigenvalue weighted by atomic mass is 10.0. The van der Waals surface area contributed by atoms with E-state index in [1.807, 2.05) is 0 Å². The first-order valence-electron chi connectivity index (χ1n) is 25.7. The molecule has 0 aliphatic rings. The summed E-state index contributed by atoms with van der Waals surface area (Å²) >= 11 is 0. The largest absolute Gasteiger partial charge is 0.462 e. The van der Waals surface area contributed by atoms with E-state index in [1.54, 1.807) is 0 Å². The zero-order valence-corrected chi connectivity index (χ0v) is 39.7. The lowest BCUT2D eigenvalue weighted by molar-refractivity contribution is -0.167. The van der Waals surface area contributed by atoms with E-state index in [1.165, 1.54) is 173 Å². The molecule has 0 unspecified atom stereocenters. The highest BCUT2D eigenvalue weighted by molar-refractivity contribution is 5.71. The predicted octanol–water partition coefficient (Wildman–Crippen LogP) is 16.5. The van der Waals surface area contributed by atoms with Crippen molar-refractivity contribution in [2.75, 3.05) is 13.2 Å². The molecule has 1 atom stereocenters. The molecule has 58 heavy (non-hydrogen) atoms. The van der Waals surface area contributed by atoms with Crippen LogP contribution in [0.3, 0.4) is 0 Å². The number of rotatable bonds is 46. The summed E-state index contributed by atoms with van der Waals surface area (Å²) in [6, 6.07) is 0. The molecule has 344 valence electrons. The molecular weight excluding hydrogens is 721 g/mol. The molecule has 0 aliphatic carbocycles. The van der Waals surface area contributed by atoms with Gasteiger partial charge >= 0.3 is 17.9 Å². The molecule has 0 aromatic carbocycles. The van der Waals surface area contributed by atoms with Crippen molar-refractivity contribution in [3.05, 3.63) is 0 Å². The van der Waals surface area contributed by atoms with E-state index in [-0.39, 0.29) is 31.1 Å². The monoisotopic (exact) mass is 821 g/mol. The average Bonchev–Trinajstić information content (AvgIpc) is 3.19. The first kappa shape index (κ1) is 56.4. The number of hydrogen-bond donors (Lipinski definition) is 0. The number of carbonyl (C=O) groups is 3. The lowest BCUT2D eigenvalue weighted by Gasteiger charge is -2.18. The standard InChI is InChI=1S/C52H100O6/c1-6-7-8-9-10-11-12-13-17-20-23-26-32-37-42-50(53)56-45-49(58-52(55)44-39-34-29-28-31-36-41-48(4)5)46-57-51(54)43-38-33-27-24-21-18-15-14-16-19-22-25-30-35-40-47(2)3/h47-49H,6-46H2,1-5H3/t49-/m0/s1. The Morgan fingerprint density at radius 1 is 0.328 bits per heavy atom. The molecule has 0 aromatic rings. The maximum absolute atomic E-state index is 12.7. The van der Waals surface area contributed by atoms with Crippen molar-refractivity contribution in [2.45, 2.75) is 291 Å². The second kappa shape index (κ2) is 44.9. The van der Waals surface area contributed by atoms with Crippen molar-refractivity contribution in [3.8, 4) is 0 Å². The Morgan fingerprint density at radius 2 is 0.569 bits per heavy atom. The fraction of sp³-hybridized carbons (Fsp3) is 0.942. The van der Waals surface area contributed by atoms with Gasteiger partial charge < -0.3 is 14.2 Å². The van der Waals surface area contributed by atoms with E-state index in [0.717, 1.165) is 69.6 Å². The van der Waals surface area contributed by atoms with Gasteiger partial charge in [-0.15, -0.1) is 0 Å². The molecule has 0 fully saturated rings. The van der Waals surface area contributed by atoms with Crippen LogP contribution in [-0.4, -0.2) is 37.2 Å². The van der Waals surface area contributed by atoms with Gasteiger partial charge in [0.1, 0.15) is 13.2 Å². The van der Waals surface area contributed by atoms with Crippen LogP contribution < -0.4 is 0 Å². The topological polar surface area (TPSA) is 78.9 Å². The van der Waals surface area contributed by atoms with Gasteiger partial charge in [0, 0.05) is 19.3 Å². The molecule has 0 N–H and O–H groups in total. The second-order valence-corrected chi connectivity index (χ2v) is 18.8. The van der Waals surface area contributed by atoms with Crippen LogP contribution in [0.2, 0.25) is 0 Å². The molecule has 0 aliphatic heterocycles. The molecule has 0 saturated heterocycles. The highest BCUT2D eigenvalue weighted by Crippen LogP contribution is 2.17. The van der Waals surface area contributed by atoms with Crippen LogP contribution in [0.5, 0.6) is 0 Å². The molecule has 0 radical (unpaired) electrons. The Labute approximate surface area is 361 Å². The van der Waals surface area contributed by atoms with Crippen LogP contribution in [0.15, 0.2) is 0 Å². The van der Waals surface area contributed by atoms with Gasteiger partial charge in [-0.2, -0.15) is 0 Å². The first-order chi connectivity index (χ1) is 28.2. The van der Waals surface area contributed by atoms with Crippen molar-refractivity contribution in [2.24, 2.45) is 11.8 Å². The predicted molar refractivity (Wildman–Crippen MR) is 247 cm³/mol. The Hall–Kier alpha value is -1.59. The van der Waals surface area contributed by atoms with Crippen LogP contribution in [0.4, 0.5) is 0 Å². The van der Waals surface area contributed by atoms with E-state index < -0.39 is 6.10 Å². The van der Waals surface area contributed by atoms with Gasteiger partial charge in [0.05, 0.1) is 0 Å². The summed E-state index contributed by atoms with van der Waals surface area (Å²) in [6.07, 6.45) is 45.3. The molecule has 0 heterocycles. The number of esters is 3. The van der Waals surface area contributed by atoms with Crippen LogP contribution in [0, 0.1) is 11.8 Å².